The minimum atomic E-state index is -3.30. The maximum Gasteiger partial charge on any atom is 0.265 e. The van der Waals surface area contributed by atoms with Gasteiger partial charge in [0.25, 0.3) is 5.91 Å². The molecule has 0 N–H and O–H groups in total. The van der Waals surface area contributed by atoms with Crippen LogP contribution in [0.2, 0.25) is 0 Å². The van der Waals surface area contributed by atoms with Gasteiger partial charge in [0.05, 0.1) is 4.90 Å². The number of nitrogens with zero attached hydrogens (tertiary/aromatic N) is 1. The minimum Gasteiger partial charge on any atom is -0.484 e. The number of rotatable bonds is 4. The van der Waals surface area contributed by atoms with Crippen LogP contribution >= 0.6 is 0 Å². The molecular weight excluding hydrogens is 326 g/mol. The largest absolute Gasteiger partial charge is 0.484 e. The summed E-state index contributed by atoms with van der Waals surface area (Å²) in [6, 6.07) is 14.1. The summed E-state index contributed by atoms with van der Waals surface area (Å²) in [6.07, 6.45) is 1.96. The summed E-state index contributed by atoms with van der Waals surface area (Å²) in [7, 11) is -3.30. The van der Waals surface area contributed by atoms with Gasteiger partial charge in [0.2, 0.25) is 0 Å². The summed E-state index contributed by atoms with van der Waals surface area (Å²) in [5.74, 6) is 0.226. The summed E-state index contributed by atoms with van der Waals surface area (Å²) in [5.41, 5.74) is 2.07. The Morgan fingerprint density at radius 2 is 1.96 bits per heavy atom. The van der Waals surface area contributed by atoms with Crippen LogP contribution in [0.25, 0.3) is 0 Å². The van der Waals surface area contributed by atoms with Crippen molar-refractivity contribution in [3.05, 3.63) is 54.1 Å². The topological polar surface area (TPSA) is 63.7 Å². The van der Waals surface area contributed by atoms with Crippen LogP contribution in [0.1, 0.15) is 12.5 Å². The molecule has 1 heterocycles. The molecule has 3 rings (SSSR count). The Bertz CT molecular complexity index is 876. The zero-order chi connectivity index (χ0) is 17.3. The van der Waals surface area contributed by atoms with Crippen molar-refractivity contribution in [1.29, 1.82) is 0 Å². The first kappa shape index (κ1) is 16.5. The van der Waals surface area contributed by atoms with E-state index in [2.05, 4.69) is 0 Å². The van der Waals surface area contributed by atoms with E-state index >= 15 is 0 Å². The zero-order valence-electron chi connectivity index (χ0n) is 13.6. The second kappa shape index (κ2) is 6.28. The summed E-state index contributed by atoms with van der Waals surface area (Å²) >= 11 is 0. The molecule has 6 heteroatoms. The van der Waals surface area contributed by atoms with Crippen LogP contribution in [0.5, 0.6) is 5.75 Å². The van der Waals surface area contributed by atoms with Crippen molar-refractivity contribution in [2.24, 2.45) is 0 Å². The van der Waals surface area contributed by atoms with E-state index < -0.39 is 9.84 Å². The molecule has 1 atom stereocenters. The van der Waals surface area contributed by atoms with Gasteiger partial charge in [-0.05, 0) is 43.2 Å². The third-order valence-electron chi connectivity index (χ3n) is 4.07. The Hall–Kier alpha value is -2.34. The SMILES string of the molecule is C[C@H]1Cc2ccccc2N1C(=O)COc1cccc(S(C)(=O)=O)c1. The summed E-state index contributed by atoms with van der Waals surface area (Å²) in [6.45, 7) is 1.87. The van der Waals surface area contributed by atoms with E-state index in [1.165, 1.54) is 12.1 Å². The van der Waals surface area contributed by atoms with E-state index in [9.17, 15) is 13.2 Å². The van der Waals surface area contributed by atoms with Gasteiger partial charge in [-0.3, -0.25) is 4.79 Å². The fourth-order valence-electron chi connectivity index (χ4n) is 2.95. The van der Waals surface area contributed by atoms with Crippen molar-refractivity contribution in [1.82, 2.24) is 0 Å². The van der Waals surface area contributed by atoms with Crippen LogP contribution in [0.3, 0.4) is 0 Å². The van der Waals surface area contributed by atoms with Crippen LogP contribution in [-0.4, -0.2) is 33.2 Å². The summed E-state index contributed by atoms with van der Waals surface area (Å²) < 4.78 is 28.7. The number of carbonyl (C=O) groups is 1. The minimum absolute atomic E-state index is 0.0841. The molecule has 1 amide bonds. The molecule has 0 radical (unpaired) electrons. The number of carbonyl (C=O) groups excluding carboxylic acids is 1. The molecule has 24 heavy (non-hydrogen) atoms. The fraction of sp³-hybridized carbons (Fsp3) is 0.278. The van der Waals surface area contributed by atoms with Crippen molar-refractivity contribution < 1.29 is 17.9 Å². The van der Waals surface area contributed by atoms with E-state index in [-0.39, 0.29) is 23.5 Å². The second-order valence-corrected chi connectivity index (χ2v) is 8.00. The fourth-order valence-corrected chi connectivity index (χ4v) is 3.61. The number of benzene rings is 2. The van der Waals surface area contributed by atoms with Gasteiger partial charge in [-0.2, -0.15) is 0 Å². The molecule has 0 aliphatic carbocycles. The maximum absolute atomic E-state index is 12.6. The molecule has 0 fully saturated rings. The van der Waals surface area contributed by atoms with Gasteiger partial charge >= 0.3 is 0 Å². The molecule has 0 aromatic heterocycles. The zero-order valence-corrected chi connectivity index (χ0v) is 14.4. The first-order valence-electron chi connectivity index (χ1n) is 7.69. The Kier molecular flexibility index (Phi) is 4.32. The van der Waals surface area contributed by atoms with Crippen molar-refractivity contribution in [3.63, 3.8) is 0 Å². The molecule has 0 spiro atoms. The van der Waals surface area contributed by atoms with E-state index in [1.807, 2.05) is 31.2 Å². The number of hydrogen-bond acceptors (Lipinski definition) is 4. The molecule has 0 unspecified atom stereocenters. The molecular formula is C18H19NO4S. The van der Waals surface area contributed by atoms with Gasteiger partial charge in [-0.1, -0.05) is 24.3 Å². The van der Waals surface area contributed by atoms with Crippen LogP contribution in [0, 0.1) is 0 Å². The highest BCUT2D eigenvalue weighted by molar-refractivity contribution is 7.90. The van der Waals surface area contributed by atoms with E-state index in [0.717, 1.165) is 23.9 Å². The van der Waals surface area contributed by atoms with Crippen LogP contribution in [0.4, 0.5) is 5.69 Å². The lowest BCUT2D eigenvalue weighted by Crippen LogP contribution is -2.39. The quantitative estimate of drug-likeness (QED) is 0.854. The molecule has 2 aromatic carbocycles. The molecule has 0 saturated heterocycles. The summed E-state index contributed by atoms with van der Waals surface area (Å²) in [4.78, 5) is 14.5. The molecule has 5 nitrogen and oxygen atoms in total. The highest BCUT2D eigenvalue weighted by Gasteiger charge is 2.30. The highest BCUT2D eigenvalue weighted by Crippen LogP contribution is 2.31. The molecule has 2 aromatic rings. The predicted molar refractivity (Wildman–Crippen MR) is 92.1 cm³/mol. The Balaban J connectivity index is 1.73. The number of amides is 1. The van der Waals surface area contributed by atoms with Gasteiger partial charge in [0.15, 0.2) is 16.4 Å². The number of ether oxygens (including phenoxy) is 1. The Labute approximate surface area is 141 Å². The van der Waals surface area contributed by atoms with Gasteiger partial charge in [0, 0.05) is 18.0 Å². The number of anilines is 1. The summed E-state index contributed by atoms with van der Waals surface area (Å²) in [5, 5.41) is 0. The van der Waals surface area contributed by atoms with Crippen LogP contribution in [-0.2, 0) is 21.1 Å². The van der Waals surface area contributed by atoms with E-state index in [4.69, 9.17) is 4.74 Å². The predicted octanol–water partition coefficient (Wildman–Crippen LogP) is 2.45. The van der Waals surface area contributed by atoms with Crippen LogP contribution in [0.15, 0.2) is 53.4 Å². The smallest absolute Gasteiger partial charge is 0.265 e. The third-order valence-corrected chi connectivity index (χ3v) is 5.18. The van der Waals surface area contributed by atoms with Gasteiger partial charge < -0.3 is 9.64 Å². The van der Waals surface area contributed by atoms with Crippen molar-refractivity contribution in [2.75, 3.05) is 17.8 Å². The molecule has 1 aliphatic heterocycles. The number of fused-ring (bicyclic) bond motifs is 1. The third kappa shape index (κ3) is 3.28. The molecule has 1 aliphatic rings. The lowest BCUT2D eigenvalue weighted by Gasteiger charge is -2.22. The first-order valence-corrected chi connectivity index (χ1v) is 9.58. The standard InChI is InChI=1S/C18H19NO4S/c1-13-10-14-6-3-4-9-17(14)19(13)18(20)12-23-15-7-5-8-16(11-15)24(2,21)22/h3-9,11,13H,10,12H2,1-2H3/t13-/m0/s1. The Morgan fingerprint density at radius 3 is 2.71 bits per heavy atom. The van der Waals surface area contributed by atoms with Gasteiger partial charge in [-0.25, -0.2) is 8.42 Å². The molecule has 126 valence electrons. The van der Waals surface area contributed by atoms with E-state index in [0.29, 0.717) is 5.75 Å². The molecule has 0 saturated carbocycles. The number of hydrogen-bond donors (Lipinski definition) is 0. The highest BCUT2D eigenvalue weighted by atomic mass is 32.2. The van der Waals surface area contributed by atoms with Crippen molar-refractivity contribution in [3.8, 4) is 5.75 Å². The molecule has 0 bridgehead atoms. The van der Waals surface area contributed by atoms with Gasteiger partial charge in [0.1, 0.15) is 5.75 Å². The average molecular weight is 345 g/mol. The lowest BCUT2D eigenvalue weighted by molar-refractivity contribution is -0.120. The monoisotopic (exact) mass is 345 g/mol. The average Bonchev–Trinajstić information content (AvgIpc) is 2.88. The van der Waals surface area contributed by atoms with Gasteiger partial charge in [-0.15, -0.1) is 0 Å². The number of sulfone groups is 1. The second-order valence-electron chi connectivity index (χ2n) is 5.98. The van der Waals surface area contributed by atoms with E-state index in [1.54, 1.807) is 17.0 Å². The maximum atomic E-state index is 12.6. The van der Waals surface area contributed by atoms with Crippen molar-refractivity contribution >= 4 is 21.4 Å². The Morgan fingerprint density at radius 1 is 1.21 bits per heavy atom. The first-order chi connectivity index (χ1) is 11.4. The normalized spacial score (nSPS) is 16.8. The van der Waals surface area contributed by atoms with Crippen molar-refractivity contribution in [2.45, 2.75) is 24.3 Å². The van der Waals surface area contributed by atoms with Crippen LogP contribution < -0.4 is 9.64 Å². The lowest BCUT2D eigenvalue weighted by atomic mass is 10.1. The number of para-hydroxylation sites is 1.